The highest BCUT2D eigenvalue weighted by Crippen LogP contribution is 2.21. The fraction of sp³-hybridized carbons (Fsp3) is 0.250. The fourth-order valence-corrected chi connectivity index (χ4v) is 1.96. The molecular formula is C16H16N2O2. The van der Waals surface area contributed by atoms with Gasteiger partial charge in [-0.3, -0.25) is 0 Å². The van der Waals surface area contributed by atoms with Crippen LogP contribution in [0.3, 0.4) is 0 Å². The maximum atomic E-state index is 9.18. The highest BCUT2D eigenvalue weighted by atomic mass is 16.5. The molecule has 1 aromatic carbocycles. The van der Waals surface area contributed by atoms with Crippen LogP contribution in [0.2, 0.25) is 0 Å². The molecule has 0 amide bonds. The average molecular weight is 268 g/mol. The summed E-state index contributed by atoms with van der Waals surface area (Å²) in [6.45, 7) is 4.11. The van der Waals surface area contributed by atoms with Crippen LogP contribution in [-0.2, 0) is 6.61 Å². The van der Waals surface area contributed by atoms with E-state index in [0.717, 1.165) is 22.6 Å². The van der Waals surface area contributed by atoms with Crippen molar-refractivity contribution >= 4 is 0 Å². The molecule has 0 bridgehead atoms. The number of benzene rings is 1. The zero-order chi connectivity index (χ0) is 14.5. The molecule has 0 spiro atoms. The van der Waals surface area contributed by atoms with Crippen molar-refractivity contribution in [2.75, 3.05) is 7.11 Å². The normalized spacial score (nSPS) is 9.90. The number of nitrogens with zero attached hydrogens (tertiary/aromatic N) is 2. The molecule has 0 saturated heterocycles. The van der Waals surface area contributed by atoms with Crippen molar-refractivity contribution in [3.63, 3.8) is 0 Å². The van der Waals surface area contributed by atoms with Gasteiger partial charge in [0.1, 0.15) is 24.0 Å². The molecule has 1 aromatic heterocycles. The molecule has 0 radical (unpaired) electrons. The summed E-state index contributed by atoms with van der Waals surface area (Å²) in [5, 5.41) is 9.18. The summed E-state index contributed by atoms with van der Waals surface area (Å²) < 4.78 is 10.9. The van der Waals surface area contributed by atoms with Gasteiger partial charge in [-0.25, -0.2) is 4.98 Å². The van der Waals surface area contributed by atoms with E-state index in [-0.39, 0.29) is 0 Å². The third kappa shape index (κ3) is 3.07. The predicted molar refractivity (Wildman–Crippen MR) is 75.8 cm³/mol. The van der Waals surface area contributed by atoms with Gasteiger partial charge in [0.2, 0.25) is 5.88 Å². The lowest BCUT2D eigenvalue weighted by Crippen LogP contribution is -2.02. The average Bonchev–Trinajstić information content (AvgIpc) is 2.45. The van der Waals surface area contributed by atoms with Crippen LogP contribution in [-0.4, -0.2) is 12.1 Å². The molecule has 1 heterocycles. The summed E-state index contributed by atoms with van der Waals surface area (Å²) >= 11 is 0. The van der Waals surface area contributed by atoms with Crippen molar-refractivity contribution in [1.29, 1.82) is 5.26 Å². The van der Waals surface area contributed by atoms with Gasteiger partial charge in [-0.1, -0.05) is 12.1 Å². The Kier molecular flexibility index (Phi) is 4.21. The van der Waals surface area contributed by atoms with Crippen LogP contribution in [0.15, 0.2) is 30.3 Å². The van der Waals surface area contributed by atoms with E-state index in [1.165, 1.54) is 0 Å². The van der Waals surface area contributed by atoms with E-state index in [9.17, 15) is 5.26 Å². The zero-order valence-electron chi connectivity index (χ0n) is 11.8. The van der Waals surface area contributed by atoms with Gasteiger partial charge in [-0.2, -0.15) is 5.26 Å². The van der Waals surface area contributed by atoms with E-state index in [1.54, 1.807) is 7.11 Å². The van der Waals surface area contributed by atoms with Gasteiger partial charge in [-0.15, -0.1) is 0 Å². The first-order valence-electron chi connectivity index (χ1n) is 6.28. The Bertz CT molecular complexity index is 660. The smallest absolute Gasteiger partial charge is 0.232 e. The molecule has 0 atom stereocenters. The SMILES string of the molecule is COc1cccc(COc2nc(C)cc(C)c2C#N)c1. The molecule has 0 N–H and O–H groups in total. The molecule has 0 aliphatic carbocycles. The van der Waals surface area contributed by atoms with Crippen molar-refractivity contribution in [3.05, 3.63) is 52.7 Å². The van der Waals surface area contributed by atoms with Crippen molar-refractivity contribution in [2.24, 2.45) is 0 Å². The summed E-state index contributed by atoms with van der Waals surface area (Å²) in [5.41, 5.74) is 3.16. The minimum atomic E-state index is 0.349. The van der Waals surface area contributed by atoms with Crippen LogP contribution >= 0.6 is 0 Å². The molecule has 0 aliphatic rings. The Morgan fingerprint density at radius 3 is 2.75 bits per heavy atom. The number of ether oxygens (including phenoxy) is 2. The van der Waals surface area contributed by atoms with Crippen LogP contribution in [0, 0.1) is 25.2 Å². The largest absolute Gasteiger partial charge is 0.497 e. The van der Waals surface area contributed by atoms with E-state index in [4.69, 9.17) is 9.47 Å². The lowest BCUT2D eigenvalue weighted by molar-refractivity contribution is 0.291. The topological polar surface area (TPSA) is 55.1 Å². The number of pyridine rings is 1. The van der Waals surface area contributed by atoms with Crippen LogP contribution in [0.5, 0.6) is 11.6 Å². The number of rotatable bonds is 4. The molecule has 0 saturated carbocycles. The maximum absolute atomic E-state index is 9.18. The van der Waals surface area contributed by atoms with Gasteiger partial charge >= 0.3 is 0 Å². The van der Waals surface area contributed by atoms with Crippen molar-refractivity contribution < 1.29 is 9.47 Å². The molecule has 102 valence electrons. The van der Waals surface area contributed by atoms with Crippen molar-refractivity contribution in [2.45, 2.75) is 20.5 Å². The fourth-order valence-electron chi connectivity index (χ4n) is 1.96. The van der Waals surface area contributed by atoms with Gasteiger partial charge in [-0.05, 0) is 43.2 Å². The molecule has 20 heavy (non-hydrogen) atoms. The zero-order valence-corrected chi connectivity index (χ0v) is 11.8. The molecule has 0 aliphatic heterocycles. The number of aromatic nitrogens is 1. The van der Waals surface area contributed by atoms with Gasteiger partial charge in [0.25, 0.3) is 0 Å². The highest BCUT2D eigenvalue weighted by Gasteiger charge is 2.10. The third-order valence-electron chi connectivity index (χ3n) is 2.93. The number of hydrogen-bond acceptors (Lipinski definition) is 4. The molecule has 4 heteroatoms. The van der Waals surface area contributed by atoms with E-state index < -0.39 is 0 Å². The number of nitriles is 1. The summed E-state index contributed by atoms with van der Waals surface area (Å²) in [5.74, 6) is 1.16. The Morgan fingerprint density at radius 1 is 1.25 bits per heavy atom. The van der Waals surface area contributed by atoms with Crippen molar-refractivity contribution in [3.8, 4) is 17.7 Å². The second-order valence-corrected chi connectivity index (χ2v) is 4.51. The van der Waals surface area contributed by atoms with Crippen molar-refractivity contribution in [1.82, 2.24) is 4.98 Å². The first-order valence-corrected chi connectivity index (χ1v) is 6.28. The first kappa shape index (κ1) is 13.9. The van der Waals surface area contributed by atoms with Crippen LogP contribution in [0.1, 0.15) is 22.4 Å². The van der Waals surface area contributed by atoms with Crippen LogP contribution in [0.4, 0.5) is 0 Å². The highest BCUT2D eigenvalue weighted by molar-refractivity contribution is 5.45. The van der Waals surface area contributed by atoms with E-state index >= 15 is 0 Å². The maximum Gasteiger partial charge on any atom is 0.232 e. The van der Waals surface area contributed by atoms with Crippen LogP contribution in [0.25, 0.3) is 0 Å². The lowest BCUT2D eigenvalue weighted by Gasteiger charge is -2.10. The molecule has 0 unspecified atom stereocenters. The van der Waals surface area contributed by atoms with E-state index in [1.807, 2.05) is 44.2 Å². The van der Waals surface area contributed by atoms with Gasteiger partial charge in [0, 0.05) is 5.69 Å². The quantitative estimate of drug-likeness (QED) is 0.854. The Morgan fingerprint density at radius 2 is 2.05 bits per heavy atom. The monoisotopic (exact) mass is 268 g/mol. The molecule has 2 aromatic rings. The third-order valence-corrected chi connectivity index (χ3v) is 2.93. The van der Waals surface area contributed by atoms with Gasteiger partial charge in [0.15, 0.2) is 0 Å². The number of aryl methyl sites for hydroxylation is 2. The number of hydrogen-bond donors (Lipinski definition) is 0. The molecule has 0 fully saturated rings. The summed E-state index contributed by atoms with van der Waals surface area (Å²) in [7, 11) is 1.62. The second kappa shape index (κ2) is 6.07. The Balaban J connectivity index is 2.20. The summed E-state index contributed by atoms with van der Waals surface area (Å²) in [6.07, 6.45) is 0. The standard InChI is InChI=1S/C16H16N2O2/c1-11-7-12(2)18-16(15(11)9-17)20-10-13-5-4-6-14(8-13)19-3/h4-8H,10H2,1-3H3. The van der Waals surface area contributed by atoms with Crippen LogP contribution < -0.4 is 9.47 Å². The molecular weight excluding hydrogens is 252 g/mol. The Hall–Kier alpha value is -2.54. The minimum absolute atomic E-state index is 0.349. The minimum Gasteiger partial charge on any atom is -0.497 e. The number of methoxy groups -OCH3 is 1. The van der Waals surface area contributed by atoms with Gasteiger partial charge in [0.05, 0.1) is 7.11 Å². The summed E-state index contributed by atoms with van der Waals surface area (Å²) in [4.78, 5) is 4.29. The van der Waals surface area contributed by atoms with E-state index in [0.29, 0.717) is 18.1 Å². The second-order valence-electron chi connectivity index (χ2n) is 4.51. The van der Waals surface area contributed by atoms with Gasteiger partial charge < -0.3 is 9.47 Å². The Labute approximate surface area is 118 Å². The molecule has 4 nitrogen and oxygen atoms in total. The first-order chi connectivity index (χ1) is 9.63. The molecule has 2 rings (SSSR count). The predicted octanol–water partition coefficient (Wildman–Crippen LogP) is 3.16. The van der Waals surface area contributed by atoms with E-state index in [2.05, 4.69) is 11.1 Å². The lowest BCUT2D eigenvalue weighted by atomic mass is 10.1. The summed E-state index contributed by atoms with van der Waals surface area (Å²) in [6, 6.07) is 11.6.